The van der Waals surface area contributed by atoms with Gasteiger partial charge in [0.2, 0.25) is 0 Å². The lowest BCUT2D eigenvalue weighted by molar-refractivity contribution is 0.168. The number of hydrogen-bond acceptors (Lipinski definition) is 11. The molecular formula is C40H48N12O2. The molecule has 14 heteroatoms. The number of rotatable bonds is 7. The van der Waals surface area contributed by atoms with E-state index in [1.165, 1.54) is 11.4 Å². The Labute approximate surface area is 315 Å². The SMILES string of the molecule is CCOC(=O)Nc1ccc(-c2cnc3c(-c4ccc(N5CCN(C)CC5)cc4)cnn3c2N)cc1.CN1CCN(c2ccc(-c3cn[nH]c3N)cc2)CC1. The molecule has 2 saturated heterocycles. The van der Waals surface area contributed by atoms with Gasteiger partial charge >= 0.3 is 6.09 Å². The maximum atomic E-state index is 11.6. The first-order chi connectivity index (χ1) is 26.3. The number of carbonyl (C=O) groups is 1. The van der Waals surface area contributed by atoms with Crippen LogP contribution in [0.2, 0.25) is 0 Å². The number of amides is 1. The first-order valence-electron chi connectivity index (χ1n) is 18.3. The van der Waals surface area contributed by atoms with E-state index in [4.69, 9.17) is 16.2 Å². The van der Waals surface area contributed by atoms with Crippen molar-refractivity contribution in [1.29, 1.82) is 0 Å². The van der Waals surface area contributed by atoms with Gasteiger partial charge in [0.15, 0.2) is 5.65 Å². The number of fused-ring (bicyclic) bond motifs is 1. The topological polar surface area (TPSA) is 162 Å². The number of carbonyl (C=O) groups excluding carboxylic acids is 1. The predicted molar refractivity (Wildman–Crippen MR) is 217 cm³/mol. The minimum Gasteiger partial charge on any atom is -0.450 e. The van der Waals surface area contributed by atoms with Crippen molar-refractivity contribution in [3.05, 3.63) is 91.4 Å². The first-order valence-corrected chi connectivity index (χ1v) is 18.3. The predicted octanol–water partition coefficient (Wildman–Crippen LogP) is 5.38. The van der Waals surface area contributed by atoms with E-state index in [9.17, 15) is 4.79 Å². The van der Waals surface area contributed by atoms with Gasteiger partial charge in [-0.25, -0.2) is 9.78 Å². The molecule has 2 fully saturated rings. The van der Waals surface area contributed by atoms with Crippen molar-refractivity contribution in [2.75, 3.05) is 99.6 Å². The summed E-state index contributed by atoms with van der Waals surface area (Å²) in [5, 5.41) is 13.9. The molecule has 6 N–H and O–H groups in total. The second-order valence-corrected chi connectivity index (χ2v) is 13.6. The van der Waals surface area contributed by atoms with E-state index < -0.39 is 6.09 Å². The van der Waals surface area contributed by atoms with Gasteiger partial charge in [-0.3, -0.25) is 10.4 Å². The highest BCUT2D eigenvalue weighted by molar-refractivity contribution is 5.86. The summed E-state index contributed by atoms with van der Waals surface area (Å²) in [6, 6.07) is 24.4. The second-order valence-electron chi connectivity index (χ2n) is 13.6. The lowest BCUT2D eigenvalue weighted by atomic mass is 10.1. The van der Waals surface area contributed by atoms with Crippen molar-refractivity contribution in [1.82, 2.24) is 34.6 Å². The summed E-state index contributed by atoms with van der Waals surface area (Å²) in [7, 11) is 4.33. The smallest absolute Gasteiger partial charge is 0.411 e. The van der Waals surface area contributed by atoms with E-state index >= 15 is 0 Å². The third-order valence-electron chi connectivity index (χ3n) is 10.0. The molecule has 0 saturated carbocycles. The van der Waals surface area contributed by atoms with E-state index in [0.717, 1.165) is 85.7 Å². The molecule has 280 valence electrons. The summed E-state index contributed by atoms with van der Waals surface area (Å²) in [5.74, 6) is 1.12. The summed E-state index contributed by atoms with van der Waals surface area (Å²) in [4.78, 5) is 25.8. The molecule has 14 nitrogen and oxygen atoms in total. The Hall–Kier alpha value is -6.12. The number of likely N-dealkylation sites (N-methyl/N-ethyl adjacent to an activating group) is 2. The molecule has 0 unspecified atom stereocenters. The number of nitrogens with two attached hydrogens (primary N) is 2. The van der Waals surface area contributed by atoms with Crippen LogP contribution in [-0.4, -0.2) is 114 Å². The number of H-pyrrole nitrogens is 1. The molecule has 0 radical (unpaired) electrons. The summed E-state index contributed by atoms with van der Waals surface area (Å²) < 4.78 is 6.58. The molecule has 2 aliphatic heterocycles. The molecule has 3 aromatic carbocycles. The lowest BCUT2D eigenvalue weighted by Gasteiger charge is -2.34. The molecule has 54 heavy (non-hydrogen) atoms. The van der Waals surface area contributed by atoms with E-state index in [2.05, 4.69) is 108 Å². The van der Waals surface area contributed by atoms with Gasteiger partial charge in [0.05, 0.1) is 19.0 Å². The van der Waals surface area contributed by atoms with Crippen LogP contribution in [0.25, 0.3) is 39.0 Å². The largest absolute Gasteiger partial charge is 0.450 e. The van der Waals surface area contributed by atoms with Crippen molar-refractivity contribution >= 4 is 40.4 Å². The van der Waals surface area contributed by atoms with Crippen LogP contribution in [0.4, 0.5) is 33.5 Å². The van der Waals surface area contributed by atoms with Crippen LogP contribution in [0.1, 0.15) is 6.92 Å². The Kier molecular flexibility index (Phi) is 10.9. The number of anilines is 5. The maximum Gasteiger partial charge on any atom is 0.411 e. The molecule has 0 atom stereocenters. The zero-order valence-corrected chi connectivity index (χ0v) is 31.1. The van der Waals surface area contributed by atoms with Crippen LogP contribution in [0.3, 0.4) is 0 Å². The number of benzene rings is 3. The van der Waals surface area contributed by atoms with Gasteiger partial charge in [-0.1, -0.05) is 36.4 Å². The minimum atomic E-state index is -0.483. The van der Waals surface area contributed by atoms with Gasteiger partial charge in [-0.15, -0.1) is 0 Å². The van der Waals surface area contributed by atoms with E-state index in [1.807, 2.05) is 12.1 Å². The molecule has 6 aromatic rings. The summed E-state index contributed by atoms with van der Waals surface area (Å²) >= 11 is 0. The fourth-order valence-corrected chi connectivity index (χ4v) is 6.75. The maximum absolute atomic E-state index is 11.6. The summed E-state index contributed by atoms with van der Waals surface area (Å²) in [6.45, 7) is 10.7. The highest BCUT2D eigenvalue weighted by atomic mass is 16.5. The number of aromatic nitrogens is 5. The third-order valence-corrected chi connectivity index (χ3v) is 10.0. The number of ether oxygens (including phenoxy) is 1. The van der Waals surface area contributed by atoms with Crippen LogP contribution in [0.15, 0.2) is 91.4 Å². The van der Waals surface area contributed by atoms with Gasteiger partial charge in [0.25, 0.3) is 0 Å². The Bertz CT molecular complexity index is 2150. The Morgan fingerprint density at radius 2 is 1.22 bits per heavy atom. The average molecular weight is 729 g/mol. The molecule has 8 rings (SSSR count). The van der Waals surface area contributed by atoms with Gasteiger partial charge in [0, 0.05) is 92.3 Å². The summed E-state index contributed by atoms with van der Waals surface area (Å²) in [5.41, 5.74) is 21.9. The Balaban J connectivity index is 0.000000199. The lowest BCUT2D eigenvalue weighted by Crippen LogP contribution is -2.44. The van der Waals surface area contributed by atoms with Crippen molar-refractivity contribution in [3.8, 4) is 33.4 Å². The van der Waals surface area contributed by atoms with E-state index in [-0.39, 0.29) is 0 Å². The molecule has 5 heterocycles. The van der Waals surface area contributed by atoms with Crippen molar-refractivity contribution in [2.24, 2.45) is 0 Å². The Morgan fingerprint density at radius 1 is 0.704 bits per heavy atom. The first kappa shape index (κ1) is 36.2. The standard InChI is InChI=1S/C26H29N7O2.C14H19N5/c1-3-35-26(34)30-20-8-4-18(5-9-20)22-16-28-25-23(17-29-33(25)24(22)27)19-6-10-21(11-7-19)32-14-12-31(2)13-15-32;1-18-6-8-19(9-7-18)12-4-2-11(3-5-12)13-10-16-17-14(13)15/h4-11,16-17H,3,12-15,27H2,1-2H3,(H,30,34);2-5,10H,6-9H2,1H3,(H3,15,16,17). The van der Waals surface area contributed by atoms with Crippen molar-refractivity contribution < 1.29 is 9.53 Å². The third kappa shape index (κ3) is 8.09. The zero-order chi connectivity index (χ0) is 37.6. The normalized spacial score (nSPS) is 15.2. The number of hydrogen-bond donors (Lipinski definition) is 4. The molecule has 0 aliphatic carbocycles. The number of nitrogens with one attached hydrogen (secondary N) is 2. The molecule has 0 bridgehead atoms. The molecule has 0 spiro atoms. The fourth-order valence-electron chi connectivity index (χ4n) is 6.75. The minimum absolute atomic E-state index is 0.318. The number of aromatic amines is 1. The van der Waals surface area contributed by atoms with E-state index in [1.54, 1.807) is 42.2 Å². The second kappa shape index (κ2) is 16.3. The highest BCUT2D eigenvalue weighted by Gasteiger charge is 2.18. The van der Waals surface area contributed by atoms with Crippen LogP contribution in [0, 0.1) is 0 Å². The van der Waals surface area contributed by atoms with Gasteiger partial charge in [0.1, 0.15) is 11.6 Å². The van der Waals surface area contributed by atoms with Gasteiger partial charge in [-0.2, -0.15) is 14.7 Å². The van der Waals surface area contributed by atoms with Crippen molar-refractivity contribution in [3.63, 3.8) is 0 Å². The van der Waals surface area contributed by atoms with Gasteiger partial charge < -0.3 is 35.8 Å². The summed E-state index contributed by atoms with van der Waals surface area (Å²) in [6.07, 6.45) is 4.85. The van der Waals surface area contributed by atoms with Crippen LogP contribution >= 0.6 is 0 Å². The highest BCUT2D eigenvalue weighted by Crippen LogP contribution is 2.32. The molecular weight excluding hydrogens is 681 g/mol. The molecule has 2 aliphatic rings. The number of nitrogen functional groups attached to an aromatic ring is 2. The van der Waals surface area contributed by atoms with Crippen LogP contribution in [0.5, 0.6) is 0 Å². The Morgan fingerprint density at radius 3 is 1.74 bits per heavy atom. The number of nitrogens with zero attached hydrogens (tertiary/aromatic N) is 8. The monoisotopic (exact) mass is 728 g/mol. The van der Waals surface area contributed by atoms with Crippen LogP contribution < -0.4 is 26.6 Å². The van der Waals surface area contributed by atoms with Crippen molar-refractivity contribution in [2.45, 2.75) is 6.92 Å². The quantitative estimate of drug-likeness (QED) is 0.167. The average Bonchev–Trinajstić information content (AvgIpc) is 3.83. The zero-order valence-electron chi connectivity index (χ0n) is 31.1. The van der Waals surface area contributed by atoms with Crippen LogP contribution in [-0.2, 0) is 4.74 Å². The van der Waals surface area contributed by atoms with E-state index in [0.29, 0.717) is 29.6 Å². The molecule has 3 aromatic heterocycles. The number of piperazine rings is 2. The fraction of sp³-hybridized carbons (Fsp3) is 0.300. The van der Waals surface area contributed by atoms with Gasteiger partial charge in [-0.05, 0) is 74.1 Å². The molecule has 1 amide bonds.